The van der Waals surface area contributed by atoms with Crippen LogP contribution in [0.25, 0.3) is 0 Å². The lowest BCUT2D eigenvalue weighted by Gasteiger charge is -2.17. The predicted octanol–water partition coefficient (Wildman–Crippen LogP) is 4.28. The molecule has 1 aromatic carbocycles. The summed E-state index contributed by atoms with van der Waals surface area (Å²) in [7, 11) is 0. The van der Waals surface area contributed by atoms with E-state index >= 15 is 0 Å². The van der Waals surface area contributed by atoms with E-state index in [1.807, 2.05) is 6.07 Å². The molecule has 0 amide bonds. The van der Waals surface area contributed by atoms with Gasteiger partial charge in [0.2, 0.25) is 0 Å². The lowest BCUT2D eigenvalue weighted by Crippen LogP contribution is -2.16. The Bertz CT molecular complexity index is 384. The highest BCUT2D eigenvalue weighted by Crippen LogP contribution is 2.33. The second-order valence-electron chi connectivity index (χ2n) is 4.80. The summed E-state index contributed by atoms with van der Waals surface area (Å²) < 4.78 is 29.1. The highest BCUT2D eigenvalue weighted by molar-refractivity contribution is 5.56. The molecule has 1 N–H and O–H groups in total. The van der Waals surface area contributed by atoms with E-state index in [0.717, 1.165) is 18.8 Å². The molecule has 2 unspecified atom stereocenters. The van der Waals surface area contributed by atoms with Gasteiger partial charge in [0.1, 0.15) is 5.75 Å². The van der Waals surface area contributed by atoms with Gasteiger partial charge in [0.05, 0.1) is 5.69 Å². The summed E-state index contributed by atoms with van der Waals surface area (Å²) in [5.74, 6) is 0.984. The summed E-state index contributed by atoms with van der Waals surface area (Å²) in [5, 5.41) is 3.32. The molecule has 0 saturated heterocycles. The van der Waals surface area contributed by atoms with Gasteiger partial charge >= 0.3 is 6.61 Å². The maximum absolute atomic E-state index is 12.3. The smallest absolute Gasteiger partial charge is 0.387 e. The normalized spacial score (nSPS) is 23.3. The number of halogens is 2. The first-order chi connectivity index (χ1) is 8.69. The van der Waals surface area contributed by atoms with E-state index in [1.54, 1.807) is 18.2 Å². The summed E-state index contributed by atoms with van der Waals surface area (Å²) in [5.41, 5.74) is 0.666. The topological polar surface area (TPSA) is 21.3 Å². The molecule has 0 spiro atoms. The summed E-state index contributed by atoms with van der Waals surface area (Å²) in [6, 6.07) is 7.26. The molecule has 0 radical (unpaired) electrons. The van der Waals surface area contributed by atoms with Crippen molar-refractivity contribution in [3.05, 3.63) is 24.3 Å². The van der Waals surface area contributed by atoms with Crippen LogP contribution in [0.1, 0.15) is 32.6 Å². The van der Waals surface area contributed by atoms with Crippen LogP contribution in [-0.2, 0) is 0 Å². The molecule has 0 bridgehead atoms. The van der Waals surface area contributed by atoms with E-state index in [9.17, 15) is 8.78 Å². The molecule has 2 atom stereocenters. The van der Waals surface area contributed by atoms with Crippen molar-refractivity contribution in [1.29, 1.82) is 0 Å². The predicted molar refractivity (Wildman–Crippen MR) is 68.1 cm³/mol. The zero-order valence-corrected chi connectivity index (χ0v) is 10.5. The number of nitrogens with one attached hydrogen (secondary N) is 1. The van der Waals surface area contributed by atoms with Crippen LogP contribution in [0.15, 0.2) is 24.3 Å². The third-order valence-electron chi connectivity index (χ3n) is 3.58. The second kappa shape index (κ2) is 6.03. The maximum Gasteiger partial charge on any atom is 0.387 e. The lowest BCUT2D eigenvalue weighted by molar-refractivity contribution is -0.0493. The minimum Gasteiger partial charge on any atom is -0.433 e. The van der Waals surface area contributed by atoms with E-state index in [2.05, 4.69) is 17.0 Å². The third kappa shape index (κ3) is 3.34. The first kappa shape index (κ1) is 13.1. The minimum atomic E-state index is -2.78. The van der Waals surface area contributed by atoms with Gasteiger partial charge in [0, 0.05) is 6.04 Å². The van der Waals surface area contributed by atoms with Crippen molar-refractivity contribution in [2.75, 3.05) is 5.32 Å². The second-order valence-corrected chi connectivity index (χ2v) is 4.80. The molecule has 0 heterocycles. The molecule has 18 heavy (non-hydrogen) atoms. The highest BCUT2D eigenvalue weighted by atomic mass is 19.3. The molecule has 1 fully saturated rings. The Balaban J connectivity index is 2.00. The van der Waals surface area contributed by atoms with E-state index in [4.69, 9.17) is 0 Å². The van der Waals surface area contributed by atoms with Gasteiger partial charge in [-0.2, -0.15) is 8.78 Å². The first-order valence-corrected chi connectivity index (χ1v) is 6.49. The van der Waals surface area contributed by atoms with Crippen LogP contribution >= 0.6 is 0 Å². The Hall–Kier alpha value is -1.32. The quantitative estimate of drug-likeness (QED) is 0.848. The van der Waals surface area contributed by atoms with Crippen molar-refractivity contribution in [2.24, 2.45) is 5.92 Å². The number of para-hydroxylation sites is 2. The Morgan fingerprint density at radius 1 is 1.33 bits per heavy atom. The molecular formula is C14H19F2NO. The zero-order chi connectivity index (χ0) is 13.0. The fourth-order valence-electron chi connectivity index (χ4n) is 2.58. The van der Waals surface area contributed by atoms with Gasteiger partial charge in [-0.3, -0.25) is 0 Å². The minimum absolute atomic E-state index is 0.229. The van der Waals surface area contributed by atoms with Gasteiger partial charge in [-0.15, -0.1) is 0 Å². The van der Waals surface area contributed by atoms with Gasteiger partial charge in [-0.1, -0.05) is 25.5 Å². The first-order valence-electron chi connectivity index (χ1n) is 6.49. The number of benzene rings is 1. The van der Waals surface area contributed by atoms with Gasteiger partial charge in [0.25, 0.3) is 0 Å². The largest absolute Gasteiger partial charge is 0.433 e. The summed E-state index contributed by atoms with van der Waals surface area (Å²) in [6.07, 6.45) is 4.61. The van der Waals surface area contributed by atoms with Crippen molar-refractivity contribution in [3.63, 3.8) is 0 Å². The molecule has 100 valence electrons. The van der Waals surface area contributed by atoms with Crippen LogP contribution in [0, 0.1) is 5.92 Å². The fourth-order valence-corrected chi connectivity index (χ4v) is 2.58. The molecule has 1 aromatic rings. The van der Waals surface area contributed by atoms with Crippen LogP contribution in [0.4, 0.5) is 14.5 Å². The maximum atomic E-state index is 12.3. The van der Waals surface area contributed by atoms with Crippen molar-refractivity contribution < 1.29 is 13.5 Å². The Kier molecular flexibility index (Phi) is 4.39. The average Bonchev–Trinajstić information content (AvgIpc) is 2.79. The molecule has 4 heteroatoms. The molecule has 1 aliphatic rings. The van der Waals surface area contributed by atoms with Crippen LogP contribution in [-0.4, -0.2) is 12.7 Å². The lowest BCUT2D eigenvalue weighted by atomic mass is 10.1. The Labute approximate surface area is 106 Å². The fraction of sp³-hybridized carbons (Fsp3) is 0.571. The molecule has 1 saturated carbocycles. The standard InChI is InChI=1S/C14H19F2NO/c1-2-10-7-8-11(9-10)17-12-5-3-4-6-13(12)18-14(15)16/h3-6,10-11,14,17H,2,7-9H2,1H3. The molecule has 1 aliphatic carbocycles. The number of alkyl halides is 2. The molecule has 0 aromatic heterocycles. The SMILES string of the molecule is CCC1CCC(Nc2ccccc2OC(F)F)C1. The van der Waals surface area contributed by atoms with Crippen molar-refractivity contribution in [1.82, 2.24) is 0 Å². The van der Waals surface area contributed by atoms with Crippen LogP contribution < -0.4 is 10.1 Å². The van der Waals surface area contributed by atoms with Gasteiger partial charge in [0.15, 0.2) is 0 Å². The number of hydrogen-bond acceptors (Lipinski definition) is 2. The van der Waals surface area contributed by atoms with E-state index in [1.165, 1.54) is 12.8 Å². The van der Waals surface area contributed by atoms with E-state index < -0.39 is 6.61 Å². The van der Waals surface area contributed by atoms with Crippen LogP contribution in [0.2, 0.25) is 0 Å². The van der Waals surface area contributed by atoms with Crippen LogP contribution in [0.3, 0.4) is 0 Å². The Morgan fingerprint density at radius 3 is 2.78 bits per heavy atom. The number of ether oxygens (including phenoxy) is 1. The zero-order valence-electron chi connectivity index (χ0n) is 10.5. The summed E-state index contributed by atoms with van der Waals surface area (Å²) in [4.78, 5) is 0. The van der Waals surface area contributed by atoms with Crippen LogP contribution in [0.5, 0.6) is 5.75 Å². The average molecular weight is 255 g/mol. The number of rotatable bonds is 5. The Morgan fingerprint density at radius 2 is 2.11 bits per heavy atom. The van der Waals surface area contributed by atoms with Gasteiger partial charge in [-0.05, 0) is 37.3 Å². The monoisotopic (exact) mass is 255 g/mol. The van der Waals surface area contributed by atoms with E-state index in [0.29, 0.717) is 11.7 Å². The van der Waals surface area contributed by atoms with Gasteiger partial charge < -0.3 is 10.1 Å². The van der Waals surface area contributed by atoms with E-state index in [-0.39, 0.29) is 5.75 Å². The molecule has 0 aliphatic heterocycles. The third-order valence-corrected chi connectivity index (χ3v) is 3.58. The highest BCUT2D eigenvalue weighted by Gasteiger charge is 2.24. The molecule has 2 rings (SSSR count). The number of hydrogen-bond donors (Lipinski definition) is 1. The summed E-state index contributed by atoms with van der Waals surface area (Å²) >= 11 is 0. The van der Waals surface area contributed by atoms with Crippen molar-refractivity contribution in [2.45, 2.75) is 45.3 Å². The molecule has 2 nitrogen and oxygen atoms in total. The summed E-state index contributed by atoms with van der Waals surface area (Å²) in [6.45, 7) is -0.583. The van der Waals surface area contributed by atoms with Crippen molar-refractivity contribution >= 4 is 5.69 Å². The van der Waals surface area contributed by atoms with Gasteiger partial charge in [-0.25, -0.2) is 0 Å². The molecular weight excluding hydrogens is 236 g/mol. The van der Waals surface area contributed by atoms with Crippen molar-refractivity contribution in [3.8, 4) is 5.75 Å². The number of anilines is 1.